The van der Waals surface area contributed by atoms with Gasteiger partial charge in [0.2, 0.25) is 23.6 Å². The predicted molar refractivity (Wildman–Crippen MR) is 84.8 cm³/mol. The highest BCUT2D eigenvalue weighted by Crippen LogP contribution is 2.17. The van der Waals surface area contributed by atoms with Crippen molar-refractivity contribution < 1.29 is 29.1 Å². The Hall–Kier alpha value is -2.69. The van der Waals surface area contributed by atoms with E-state index < -0.39 is 48.2 Å². The van der Waals surface area contributed by atoms with Crippen LogP contribution in [0.2, 0.25) is 0 Å². The van der Waals surface area contributed by atoms with E-state index in [1.54, 1.807) is 0 Å². The molecule has 0 radical (unpaired) electrons. The molecule has 11 nitrogen and oxygen atoms in total. The summed E-state index contributed by atoms with van der Waals surface area (Å²) in [6.07, 6.45) is 0.993. The number of carboxylic acids is 1. The van der Waals surface area contributed by atoms with Gasteiger partial charge in [0.25, 0.3) is 0 Å². The number of aliphatic carboxylic acids is 1. The van der Waals surface area contributed by atoms with Gasteiger partial charge in [0.15, 0.2) is 0 Å². The SMILES string of the molecule is NC(=O)CCC(N)C(=O)NCC(=O)NCC(=O)N1CCCC1C(=O)O. The summed E-state index contributed by atoms with van der Waals surface area (Å²) in [6.45, 7) is -0.415. The Kier molecular flexibility index (Phi) is 7.79. The van der Waals surface area contributed by atoms with E-state index in [9.17, 15) is 24.0 Å². The highest BCUT2D eigenvalue weighted by atomic mass is 16.4. The topological polar surface area (TPSA) is 185 Å². The molecule has 1 fully saturated rings. The zero-order valence-electron chi connectivity index (χ0n) is 13.7. The van der Waals surface area contributed by atoms with Gasteiger partial charge in [-0.25, -0.2) is 4.79 Å². The van der Waals surface area contributed by atoms with Crippen molar-refractivity contribution >= 4 is 29.6 Å². The Morgan fingerprint density at radius 2 is 1.84 bits per heavy atom. The molecule has 1 heterocycles. The maximum atomic E-state index is 12.0. The molecule has 7 N–H and O–H groups in total. The van der Waals surface area contributed by atoms with Crippen molar-refractivity contribution in [2.24, 2.45) is 11.5 Å². The maximum Gasteiger partial charge on any atom is 0.326 e. The summed E-state index contributed by atoms with van der Waals surface area (Å²) in [5.41, 5.74) is 10.5. The smallest absolute Gasteiger partial charge is 0.326 e. The van der Waals surface area contributed by atoms with Crippen LogP contribution in [0.1, 0.15) is 25.7 Å². The van der Waals surface area contributed by atoms with E-state index in [-0.39, 0.29) is 19.4 Å². The molecule has 2 unspecified atom stereocenters. The third-order valence-electron chi connectivity index (χ3n) is 3.76. The van der Waals surface area contributed by atoms with Gasteiger partial charge in [-0.1, -0.05) is 0 Å². The fourth-order valence-corrected chi connectivity index (χ4v) is 2.39. The molecule has 4 amide bonds. The summed E-state index contributed by atoms with van der Waals surface area (Å²) in [5, 5.41) is 13.6. The Morgan fingerprint density at radius 3 is 2.44 bits per heavy atom. The number of rotatable bonds is 9. The fourth-order valence-electron chi connectivity index (χ4n) is 2.39. The first-order valence-electron chi connectivity index (χ1n) is 7.83. The van der Waals surface area contributed by atoms with Gasteiger partial charge in [-0.05, 0) is 19.3 Å². The minimum Gasteiger partial charge on any atom is -0.480 e. The van der Waals surface area contributed by atoms with Crippen molar-refractivity contribution in [3.63, 3.8) is 0 Å². The first-order chi connectivity index (χ1) is 11.7. The average molecular weight is 357 g/mol. The fraction of sp³-hybridized carbons (Fsp3) is 0.643. The zero-order valence-corrected chi connectivity index (χ0v) is 13.7. The number of hydrogen-bond acceptors (Lipinski definition) is 6. The first-order valence-corrected chi connectivity index (χ1v) is 7.83. The third-order valence-corrected chi connectivity index (χ3v) is 3.76. The first kappa shape index (κ1) is 20.4. The number of amides is 4. The van der Waals surface area contributed by atoms with E-state index >= 15 is 0 Å². The average Bonchev–Trinajstić information content (AvgIpc) is 3.05. The number of nitrogens with zero attached hydrogens (tertiary/aromatic N) is 1. The number of primary amides is 1. The Morgan fingerprint density at radius 1 is 1.16 bits per heavy atom. The van der Waals surface area contributed by atoms with Crippen molar-refractivity contribution in [1.29, 1.82) is 0 Å². The van der Waals surface area contributed by atoms with Crippen molar-refractivity contribution in [2.75, 3.05) is 19.6 Å². The molecule has 0 spiro atoms. The number of nitrogens with one attached hydrogen (secondary N) is 2. The van der Waals surface area contributed by atoms with Gasteiger partial charge in [0.1, 0.15) is 6.04 Å². The van der Waals surface area contributed by atoms with Crippen LogP contribution in [0.25, 0.3) is 0 Å². The van der Waals surface area contributed by atoms with Crippen LogP contribution in [0.3, 0.4) is 0 Å². The van der Waals surface area contributed by atoms with Gasteiger partial charge >= 0.3 is 5.97 Å². The van der Waals surface area contributed by atoms with Crippen LogP contribution in [0, 0.1) is 0 Å². The standard InChI is InChI=1S/C14H23N5O6/c15-8(3-4-10(16)20)13(23)18-6-11(21)17-7-12(22)19-5-1-2-9(19)14(24)25/h8-9H,1-7,15H2,(H2,16,20)(H,17,21)(H,18,23)(H,24,25). The molecular weight excluding hydrogens is 334 g/mol. The Balaban J connectivity index is 2.30. The second kappa shape index (κ2) is 9.57. The molecule has 2 atom stereocenters. The van der Waals surface area contributed by atoms with Crippen molar-refractivity contribution in [2.45, 2.75) is 37.8 Å². The second-order valence-electron chi connectivity index (χ2n) is 5.69. The van der Waals surface area contributed by atoms with Gasteiger partial charge in [0.05, 0.1) is 19.1 Å². The molecule has 0 bridgehead atoms. The number of carboxylic acid groups (broad SMARTS) is 1. The van der Waals surface area contributed by atoms with Gasteiger partial charge in [-0.15, -0.1) is 0 Å². The van der Waals surface area contributed by atoms with Gasteiger partial charge in [-0.2, -0.15) is 0 Å². The lowest BCUT2D eigenvalue weighted by atomic mass is 10.1. The van der Waals surface area contributed by atoms with Crippen LogP contribution >= 0.6 is 0 Å². The van der Waals surface area contributed by atoms with Gasteiger partial charge < -0.3 is 32.1 Å². The zero-order chi connectivity index (χ0) is 19.0. The quantitative estimate of drug-likeness (QED) is 0.289. The minimum atomic E-state index is -1.07. The van der Waals surface area contributed by atoms with Crippen molar-refractivity contribution in [3.8, 4) is 0 Å². The lowest BCUT2D eigenvalue weighted by Crippen LogP contribution is -2.48. The number of carbonyl (C=O) groups is 5. The van der Waals surface area contributed by atoms with E-state index in [1.807, 2.05) is 0 Å². The second-order valence-corrected chi connectivity index (χ2v) is 5.69. The van der Waals surface area contributed by atoms with Gasteiger partial charge in [-0.3, -0.25) is 19.2 Å². The molecule has 1 saturated heterocycles. The molecule has 11 heteroatoms. The van der Waals surface area contributed by atoms with E-state index in [2.05, 4.69) is 10.6 Å². The number of likely N-dealkylation sites (tertiary alicyclic amines) is 1. The molecule has 25 heavy (non-hydrogen) atoms. The highest BCUT2D eigenvalue weighted by molar-refractivity contribution is 5.91. The minimum absolute atomic E-state index is 0.0458. The molecule has 0 aromatic heterocycles. The van der Waals surface area contributed by atoms with Crippen LogP contribution in [-0.2, 0) is 24.0 Å². The molecule has 1 aliphatic rings. The van der Waals surface area contributed by atoms with Crippen LogP contribution in [0.15, 0.2) is 0 Å². The molecule has 1 aliphatic heterocycles. The molecule has 0 aromatic carbocycles. The summed E-state index contributed by atoms with van der Waals surface area (Å²) >= 11 is 0. The summed E-state index contributed by atoms with van der Waals surface area (Å²) in [6, 6.07) is -1.84. The van der Waals surface area contributed by atoms with Crippen molar-refractivity contribution in [1.82, 2.24) is 15.5 Å². The molecule has 0 saturated carbocycles. The normalized spacial score (nSPS) is 17.6. The maximum absolute atomic E-state index is 12.0. The molecule has 0 aromatic rings. The lowest BCUT2D eigenvalue weighted by molar-refractivity contribution is -0.148. The number of carbonyl (C=O) groups excluding carboxylic acids is 4. The van der Waals surface area contributed by atoms with Crippen molar-refractivity contribution in [3.05, 3.63) is 0 Å². The van der Waals surface area contributed by atoms with Crippen LogP contribution in [0.4, 0.5) is 0 Å². The molecule has 0 aliphatic carbocycles. The van der Waals surface area contributed by atoms with E-state index in [1.165, 1.54) is 4.90 Å². The van der Waals surface area contributed by atoms with E-state index in [0.717, 1.165) is 0 Å². The van der Waals surface area contributed by atoms with Crippen LogP contribution in [-0.4, -0.2) is 71.3 Å². The third kappa shape index (κ3) is 6.75. The molecule has 1 rings (SSSR count). The summed E-state index contributed by atoms with van der Waals surface area (Å²) in [7, 11) is 0. The van der Waals surface area contributed by atoms with E-state index in [0.29, 0.717) is 19.4 Å². The largest absolute Gasteiger partial charge is 0.480 e. The lowest BCUT2D eigenvalue weighted by Gasteiger charge is -2.21. The number of hydrogen-bond donors (Lipinski definition) is 5. The monoisotopic (exact) mass is 357 g/mol. The Bertz CT molecular complexity index is 552. The van der Waals surface area contributed by atoms with Gasteiger partial charge in [0, 0.05) is 13.0 Å². The summed E-state index contributed by atoms with van der Waals surface area (Å²) in [4.78, 5) is 58.1. The molecule has 140 valence electrons. The van der Waals surface area contributed by atoms with Crippen LogP contribution < -0.4 is 22.1 Å². The predicted octanol–water partition coefficient (Wildman–Crippen LogP) is -3.11. The summed E-state index contributed by atoms with van der Waals surface area (Å²) < 4.78 is 0. The van der Waals surface area contributed by atoms with Crippen LogP contribution in [0.5, 0.6) is 0 Å². The number of nitrogens with two attached hydrogens (primary N) is 2. The van der Waals surface area contributed by atoms with E-state index in [4.69, 9.17) is 16.6 Å². The molecular formula is C14H23N5O6. The highest BCUT2D eigenvalue weighted by Gasteiger charge is 2.33. The summed E-state index contributed by atoms with van der Waals surface area (Å²) in [5.74, 6) is -3.39. The Labute approximate surface area is 144 Å².